The Morgan fingerprint density at radius 1 is 1.18 bits per heavy atom. The largest absolute Gasteiger partial charge is 0.593 e. The Kier molecular flexibility index (Phi) is 4.86. The van der Waals surface area contributed by atoms with Crippen molar-refractivity contribution in [3.8, 4) is 11.5 Å². The van der Waals surface area contributed by atoms with Crippen LogP contribution in [-0.4, -0.2) is 47.7 Å². The number of benzene rings is 2. The van der Waals surface area contributed by atoms with E-state index in [2.05, 4.69) is 4.72 Å². The van der Waals surface area contributed by atoms with Gasteiger partial charge in [-0.2, -0.15) is 0 Å². The molecule has 28 heavy (non-hydrogen) atoms. The zero-order chi connectivity index (χ0) is 19.8. The summed E-state index contributed by atoms with van der Waals surface area (Å²) in [7, 11) is -2.10. The van der Waals surface area contributed by atoms with Gasteiger partial charge in [0.2, 0.25) is 4.90 Å². The molecule has 0 aromatic heterocycles. The van der Waals surface area contributed by atoms with E-state index in [-0.39, 0.29) is 17.4 Å². The van der Waals surface area contributed by atoms with Gasteiger partial charge in [-0.1, -0.05) is 16.3 Å². The highest BCUT2D eigenvalue weighted by Crippen LogP contribution is 2.35. The molecule has 2 aromatic carbocycles. The Labute approximate surface area is 165 Å². The average Bonchev–Trinajstić information content (AvgIpc) is 2.82. The lowest BCUT2D eigenvalue weighted by atomic mass is 9.89. The molecule has 0 aliphatic carbocycles. The van der Waals surface area contributed by atoms with E-state index < -0.39 is 15.9 Å². The average molecular weight is 402 g/mol. The number of hydrogen-bond acceptors (Lipinski definition) is 5. The number of rotatable bonds is 2. The van der Waals surface area contributed by atoms with Gasteiger partial charge in [0.1, 0.15) is 17.9 Å². The minimum absolute atomic E-state index is 0.0711. The second-order valence-corrected chi connectivity index (χ2v) is 8.79. The SMILES string of the molecule is COc1ccc(C(=O)N2CCC3(CC2)COc2ccccc2[S+](=O)([O-])N3)cc1. The number of carbonyl (C=O) groups is 1. The van der Waals surface area contributed by atoms with E-state index in [0.29, 0.717) is 43.0 Å². The molecule has 2 aliphatic rings. The van der Waals surface area contributed by atoms with E-state index in [4.69, 9.17) is 9.47 Å². The molecule has 1 atom stereocenters. The minimum Gasteiger partial charge on any atom is -0.593 e. The topological polar surface area (TPSA) is 90.9 Å². The van der Waals surface area contributed by atoms with Gasteiger partial charge in [-0.3, -0.25) is 4.79 Å². The highest BCUT2D eigenvalue weighted by molar-refractivity contribution is 7.96. The Morgan fingerprint density at radius 3 is 2.54 bits per heavy atom. The van der Waals surface area contributed by atoms with Gasteiger partial charge in [-0.15, -0.1) is 4.72 Å². The van der Waals surface area contributed by atoms with Crippen LogP contribution in [0, 0.1) is 0 Å². The van der Waals surface area contributed by atoms with Crippen LogP contribution in [0.4, 0.5) is 0 Å². The van der Waals surface area contributed by atoms with Crippen molar-refractivity contribution in [3.05, 3.63) is 54.1 Å². The van der Waals surface area contributed by atoms with Crippen molar-refractivity contribution in [2.75, 3.05) is 26.8 Å². The molecule has 0 saturated carbocycles. The number of carbonyl (C=O) groups excluding carboxylic acids is 1. The van der Waals surface area contributed by atoms with Crippen molar-refractivity contribution in [2.45, 2.75) is 23.3 Å². The number of para-hydroxylation sites is 1. The van der Waals surface area contributed by atoms with Gasteiger partial charge in [0.25, 0.3) is 5.91 Å². The van der Waals surface area contributed by atoms with E-state index >= 15 is 0 Å². The van der Waals surface area contributed by atoms with Crippen molar-refractivity contribution in [1.29, 1.82) is 0 Å². The van der Waals surface area contributed by atoms with Crippen LogP contribution in [0.1, 0.15) is 23.2 Å². The maximum Gasteiger partial charge on any atom is 0.253 e. The van der Waals surface area contributed by atoms with Crippen LogP contribution in [0.5, 0.6) is 11.5 Å². The fourth-order valence-electron chi connectivity index (χ4n) is 3.68. The predicted octanol–water partition coefficient (Wildman–Crippen LogP) is 2.26. The Balaban J connectivity index is 1.47. The summed E-state index contributed by atoms with van der Waals surface area (Å²) >= 11 is 0. The van der Waals surface area contributed by atoms with Crippen LogP contribution in [-0.2, 0) is 14.6 Å². The van der Waals surface area contributed by atoms with Gasteiger partial charge in [-0.25, -0.2) is 0 Å². The third kappa shape index (κ3) is 3.50. The molecule has 1 amide bonds. The van der Waals surface area contributed by atoms with Crippen LogP contribution in [0.25, 0.3) is 0 Å². The number of fused-ring (bicyclic) bond motifs is 1. The van der Waals surface area contributed by atoms with Crippen LogP contribution in [0.3, 0.4) is 0 Å². The summed E-state index contributed by atoms with van der Waals surface area (Å²) in [6, 6.07) is 13.6. The molecule has 7 nitrogen and oxygen atoms in total. The monoisotopic (exact) mass is 402 g/mol. The first-order valence-electron chi connectivity index (χ1n) is 9.12. The second-order valence-electron chi connectivity index (χ2n) is 7.14. The van der Waals surface area contributed by atoms with E-state index in [0.717, 1.165) is 0 Å². The van der Waals surface area contributed by atoms with Crippen molar-refractivity contribution in [1.82, 2.24) is 9.62 Å². The Morgan fingerprint density at radius 2 is 1.86 bits per heavy atom. The van der Waals surface area contributed by atoms with Gasteiger partial charge in [0, 0.05) is 18.7 Å². The van der Waals surface area contributed by atoms with Crippen molar-refractivity contribution in [3.63, 3.8) is 0 Å². The molecule has 148 valence electrons. The number of piperidine rings is 1. The lowest BCUT2D eigenvalue weighted by Gasteiger charge is -2.40. The molecular formula is C20H22N2O5S. The summed E-state index contributed by atoms with van der Waals surface area (Å²) in [4.78, 5) is 14.7. The molecule has 1 saturated heterocycles. The fraction of sp³-hybridized carbons (Fsp3) is 0.350. The normalized spacial score (nSPS) is 23.4. The smallest absolute Gasteiger partial charge is 0.253 e. The number of likely N-dealkylation sites (tertiary alicyclic amines) is 1. The quantitative estimate of drug-likeness (QED) is 0.778. The number of ether oxygens (including phenoxy) is 2. The maximum atomic E-state index is 12.8. The van der Waals surface area contributed by atoms with Gasteiger partial charge in [0.05, 0.1) is 7.11 Å². The van der Waals surface area contributed by atoms with Crippen LogP contribution in [0.2, 0.25) is 0 Å². The number of hydrogen-bond donors (Lipinski definition) is 1. The molecule has 4 rings (SSSR count). The molecule has 2 heterocycles. The lowest BCUT2D eigenvalue weighted by molar-refractivity contribution is 0.0604. The molecule has 0 radical (unpaired) electrons. The molecular weight excluding hydrogens is 380 g/mol. The number of amides is 1. The van der Waals surface area contributed by atoms with Crippen molar-refractivity contribution < 1.29 is 23.0 Å². The van der Waals surface area contributed by atoms with Gasteiger partial charge in [-0.05, 0) is 49.2 Å². The van der Waals surface area contributed by atoms with Crippen LogP contribution in [0.15, 0.2) is 53.4 Å². The first-order chi connectivity index (χ1) is 13.4. The third-order valence-electron chi connectivity index (χ3n) is 5.34. The predicted molar refractivity (Wildman–Crippen MR) is 103 cm³/mol. The van der Waals surface area contributed by atoms with E-state index in [1.807, 2.05) is 0 Å². The summed E-state index contributed by atoms with van der Waals surface area (Å²) < 4.78 is 39.3. The molecule has 1 spiro atoms. The number of methoxy groups -OCH3 is 1. The molecule has 8 heteroatoms. The second kappa shape index (κ2) is 7.20. The first-order valence-corrected chi connectivity index (χ1v) is 10.6. The van der Waals surface area contributed by atoms with E-state index in [1.165, 1.54) is 0 Å². The van der Waals surface area contributed by atoms with Gasteiger partial charge < -0.3 is 18.9 Å². The number of nitrogens with one attached hydrogen (secondary N) is 1. The Hall–Kier alpha value is -2.42. The summed E-state index contributed by atoms with van der Waals surface area (Å²) in [5, 5.41) is 0. The van der Waals surface area contributed by atoms with Crippen molar-refractivity contribution in [2.24, 2.45) is 0 Å². The summed E-state index contributed by atoms with van der Waals surface area (Å²) in [5.74, 6) is 0.987. The standard InChI is InChI=1S/C20H22N2O5S/c1-26-16-8-6-15(7-9-16)19(23)22-12-10-20(11-13-22)14-27-17-4-2-3-5-18(17)28(24,25)21-20/h2-9H,10-14H2,1H3,(H-,21,24,25). The zero-order valence-corrected chi connectivity index (χ0v) is 16.4. The van der Waals surface area contributed by atoms with Crippen LogP contribution < -0.4 is 14.2 Å². The molecule has 1 fully saturated rings. The fourth-order valence-corrected chi connectivity index (χ4v) is 5.27. The third-order valence-corrected chi connectivity index (χ3v) is 6.96. The van der Waals surface area contributed by atoms with Gasteiger partial charge in [0.15, 0.2) is 16.1 Å². The van der Waals surface area contributed by atoms with E-state index in [9.17, 15) is 13.6 Å². The first kappa shape index (κ1) is 18.9. The molecule has 1 N–H and O–H groups in total. The highest BCUT2D eigenvalue weighted by Gasteiger charge is 2.46. The number of sulfonamides is 1. The maximum absolute atomic E-state index is 12.8. The van der Waals surface area contributed by atoms with Gasteiger partial charge >= 0.3 is 0 Å². The zero-order valence-electron chi connectivity index (χ0n) is 15.6. The number of nitrogens with zero attached hydrogens (tertiary/aromatic N) is 1. The lowest BCUT2D eigenvalue weighted by Crippen LogP contribution is -2.59. The molecule has 0 bridgehead atoms. The minimum atomic E-state index is -3.68. The molecule has 1 unspecified atom stereocenters. The molecule has 2 aliphatic heterocycles. The van der Waals surface area contributed by atoms with E-state index in [1.54, 1.807) is 60.5 Å². The highest BCUT2D eigenvalue weighted by atomic mass is 32.3. The van der Waals surface area contributed by atoms with Crippen LogP contribution >= 0.6 is 0 Å². The summed E-state index contributed by atoms with van der Waals surface area (Å²) in [6.45, 7) is 1.15. The summed E-state index contributed by atoms with van der Waals surface area (Å²) in [5.41, 5.74) is -0.129. The van der Waals surface area contributed by atoms with Crippen molar-refractivity contribution >= 4 is 16.3 Å². The summed E-state index contributed by atoms with van der Waals surface area (Å²) in [6.07, 6.45) is 0.976. The Bertz CT molecular complexity index is 922. The molecule has 2 aromatic rings.